The highest BCUT2D eigenvalue weighted by Crippen LogP contribution is 2.22. The van der Waals surface area contributed by atoms with Gasteiger partial charge in [-0.25, -0.2) is 0 Å². The number of ether oxygens (including phenoxy) is 2. The lowest BCUT2D eigenvalue weighted by atomic mass is 10.1. The average Bonchev–Trinajstić information content (AvgIpc) is 2.39. The SMILES string of the molecule is COC(CNc1cc(C)nc2ccccc12)OC. The van der Waals surface area contributed by atoms with Gasteiger partial charge in [-0.3, -0.25) is 4.98 Å². The third kappa shape index (κ3) is 2.78. The number of anilines is 1. The van der Waals surface area contributed by atoms with Crippen molar-refractivity contribution in [2.24, 2.45) is 0 Å². The molecular formula is C14H18N2O2. The molecule has 0 aliphatic heterocycles. The van der Waals surface area contributed by atoms with Gasteiger partial charge in [-0.1, -0.05) is 18.2 Å². The summed E-state index contributed by atoms with van der Waals surface area (Å²) in [4.78, 5) is 4.50. The first-order valence-electron chi connectivity index (χ1n) is 5.90. The molecule has 18 heavy (non-hydrogen) atoms. The lowest BCUT2D eigenvalue weighted by Gasteiger charge is -2.16. The molecule has 2 rings (SSSR count). The number of para-hydroxylation sites is 1. The van der Waals surface area contributed by atoms with Crippen LogP contribution in [0, 0.1) is 6.92 Å². The fraction of sp³-hybridized carbons (Fsp3) is 0.357. The Kier molecular flexibility index (Phi) is 4.12. The molecule has 96 valence electrons. The molecule has 0 aliphatic rings. The first kappa shape index (κ1) is 12.8. The molecule has 0 radical (unpaired) electrons. The van der Waals surface area contributed by atoms with Crippen LogP contribution in [0.15, 0.2) is 30.3 Å². The van der Waals surface area contributed by atoms with Crippen LogP contribution in [0.1, 0.15) is 5.69 Å². The van der Waals surface area contributed by atoms with E-state index in [0.29, 0.717) is 6.54 Å². The summed E-state index contributed by atoms with van der Waals surface area (Å²) in [5.41, 5.74) is 3.03. The molecule has 0 unspecified atom stereocenters. The molecule has 2 aromatic rings. The van der Waals surface area contributed by atoms with Crippen molar-refractivity contribution in [3.63, 3.8) is 0 Å². The second kappa shape index (κ2) is 5.80. The molecular weight excluding hydrogens is 228 g/mol. The molecule has 0 bridgehead atoms. The molecule has 0 fully saturated rings. The standard InChI is InChI=1S/C14H18N2O2/c1-10-8-13(15-9-14(17-2)18-3)11-6-4-5-7-12(11)16-10/h4-8,14H,9H2,1-3H3,(H,15,16). The van der Waals surface area contributed by atoms with E-state index in [0.717, 1.165) is 22.3 Å². The maximum atomic E-state index is 5.16. The van der Waals surface area contributed by atoms with Gasteiger partial charge in [-0.15, -0.1) is 0 Å². The van der Waals surface area contributed by atoms with Crippen LogP contribution in [0.2, 0.25) is 0 Å². The zero-order valence-corrected chi connectivity index (χ0v) is 10.9. The fourth-order valence-electron chi connectivity index (χ4n) is 1.91. The molecule has 0 aliphatic carbocycles. The molecule has 4 nitrogen and oxygen atoms in total. The number of rotatable bonds is 5. The Bertz CT molecular complexity index is 524. The van der Waals surface area contributed by atoms with E-state index in [9.17, 15) is 0 Å². The minimum Gasteiger partial charge on any atom is -0.379 e. The zero-order valence-electron chi connectivity index (χ0n) is 10.9. The first-order chi connectivity index (χ1) is 8.74. The second-order valence-corrected chi connectivity index (χ2v) is 4.11. The Morgan fingerprint density at radius 3 is 2.67 bits per heavy atom. The minimum absolute atomic E-state index is 0.253. The highest BCUT2D eigenvalue weighted by atomic mass is 16.7. The van der Waals surface area contributed by atoms with Gasteiger partial charge in [-0.05, 0) is 19.1 Å². The fourth-order valence-corrected chi connectivity index (χ4v) is 1.91. The van der Waals surface area contributed by atoms with Crippen LogP contribution >= 0.6 is 0 Å². The topological polar surface area (TPSA) is 43.4 Å². The van der Waals surface area contributed by atoms with E-state index < -0.39 is 0 Å². The summed E-state index contributed by atoms with van der Waals surface area (Å²) in [7, 11) is 3.26. The lowest BCUT2D eigenvalue weighted by Crippen LogP contribution is -2.23. The molecule has 1 aromatic carbocycles. The van der Waals surface area contributed by atoms with Crippen LogP contribution in [0.25, 0.3) is 10.9 Å². The Balaban J connectivity index is 2.26. The van der Waals surface area contributed by atoms with Crippen molar-refractivity contribution in [3.8, 4) is 0 Å². The number of hydrogen-bond acceptors (Lipinski definition) is 4. The monoisotopic (exact) mass is 246 g/mol. The normalized spacial score (nSPS) is 11.1. The Morgan fingerprint density at radius 2 is 1.94 bits per heavy atom. The van der Waals surface area contributed by atoms with Gasteiger partial charge in [0.1, 0.15) is 0 Å². The third-order valence-electron chi connectivity index (χ3n) is 2.83. The van der Waals surface area contributed by atoms with E-state index in [1.54, 1.807) is 14.2 Å². The molecule has 0 saturated carbocycles. The van der Waals surface area contributed by atoms with Crippen molar-refractivity contribution in [1.82, 2.24) is 4.98 Å². The summed E-state index contributed by atoms with van der Waals surface area (Å²) in [6, 6.07) is 10.1. The molecule has 4 heteroatoms. The van der Waals surface area contributed by atoms with Crippen LogP contribution in [0.3, 0.4) is 0 Å². The summed E-state index contributed by atoms with van der Waals surface area (Å²) in [5, 5.41) is 4.45. The van der Waals surface area contributed by atoms with Crippen molar-refractivity contribution >= 4 is 16.6 Å². The molecule has 0 amide bonds. The van der Waals surface area contributed by atoms with E-state index in [1.165, 1.54) is 0 Å². The maximum Gasteiger partial charge on any atom is 0.173 e. The van der Waals surface area contributed by atoms with E-state index in [4.69, 9.17) is 9.47 Å². The van der Waals surface area contributed by atoms with Crippen molar-refractivity contribution in [2.75, 3.05) is 26.1 Å². The number of fused-ring (bicyclic) bond motifs is 1. The summed E-state index contributed by atoms with van der Waals surface area (Å²) >= 11 is 0. The van der Waals surface area contributed by atoms with Gasteiger partial charge in [0.2, 0.25) is 0 Å². The van der Waals surface area contributed by atoms with Gasteiger partial charge >= 0.3 is 0 Å². The number of pyridine rings is 1. The van der Waals surface area contributed by atoms with Gasteiger partial charge in [-0.2, -0.15) is 0 Å². The van der Waals surface area contributed by atoms with Crippen molar-refractivity contribution in [2.45, 2.75) is 13.2 Å². The van der Waals surface area contributed by atoms with Crippen molar-refractivity contribution in [1.29, 1.82) is 0 Å². The number of aromatic nitrogens is 1. The molecule has 0 saturated heterocycles. The minimum atomic E-state index is -0.253. The number of nitrogens with one attached hydrogen (secondary N) is 1. The van der Waals surface area contributed by atoms with Crippen LogP contribution in [-0.4, -0.2) is 32.0 Å². The highest BCUT2D eigenvalue weighted by molar-refractivity contribution is 5.91. The summed E-state index contributed by atoms with van der Waals surface area (Å²) in [5.74, 6) is 0. The van der Waals surface area contributed by atoms with Gasteiger partial charge in [0.25, 0.3) is 0 Å². The van der Waals surface area contributed by atoms with Crippen LogP contribution < -0.4 is 5.32 Å². The molecule has 0 spiro atoms. The van der Waals surface area contributed by atoms with Gasteiger partial charge in [0, 0.05) is 31.0 Å². The Labute approximate surface area is 107 Å². The third-order valence-corrected chi connectivity index (χ3v) is 2.83. The number of hydrogen-bond donors (Lipinski definition) is 1. The molecule has 0 atom stereocenters. The average molecular weight is 246 g/mol. The highest BCUT2D eigenvalue weighted by Gasteiger charge is 2.07. The number of nitrogens with zero attached hydrogens (tertiary/aromatic N) is 1. The van der Waals surface area contributed by atoms with Gasteiger partial charge in [0.05, 0.1) is 12.1 Å². The second-order valence-electron chi connectivity index (χ2n) is 4.11. The summed E-state index contributed by atoms with van der Waals surface area (Å²) < 4.78 is 10.3. The van der Waals surface area contributed by atoms with Crippen LogP contribution in [0.4, 0.5) is 5.69 Å². The van der Waals surface area contributed by atoms with E-state index >= 15 is 0 Å². The summed E-state index contributed by atoms with van der Waals surface area (Å²) in [6.45, 7) is 2.59. The van der Waals surface area contributed by atoms with Crippen molar-refractivity contribution in [3.05, 3.63) is 36.0 Å². The number of methoxy groups -OCH3 is 2. The van der Waals surface area contributed by atoms with Gasteiger partial charge < -0.3 is 14.8 Å². The van der Waals surface area contributed by atoms with Crippen LogP contribution in [0.5, 0.6) is 0 Å². The zero-order chi connectivity index (χ0) is 13.0. The first-order valence-corrected chi connectivity index (χ1v) is 5.90. The lowest BCUT2D eigenvalue weighted by molar-refractivity contribution is -0.0913. The predicted molar refractivity (Wildman–Crippen MR) is 72.8 cm³/mol. The summed E-state index contributed by atoms with van der Waals surface area (Å²) in [6.07, 6.45) is -0.253. The van der Waals surface area contributed by atoms with Crippen molar-refractivity contribution < 1.29 is 9.47 Å². The van der Waals surface area contributed by atoms with E-state index in [-0.39, 0.29) is 6.29 Å². The number of aryl methyl sites for hydroxylation is 1. The molecule has 1 N–H and O–H groups in total. The van der Waals surface area contributed by atoms with Gasteiger partial charge in [0.15, 0.2) is 6.29 Å². The van der Waals surface area contributed by atoms with E-state index in [2.05, 4.69) is 16.4 Å². The predicted octanol–water partition coefficient (Wildman–Crippen LogP) is 2.57. The smallest absolute Gasteiger partial charge is 0.173 e. The molecule has 1 heterocycles. The Morgan fingerprint density at radius 1 is 1.22 bits per heavy atom. The number of benzene rings is 1. The maximum absolute atomic E-state index is 5.16. The van der Waals surface area contributed by atoms with Crippen LogP contribution in [-0.2, 0) is 9.47 Å². The quantitative estimate of drug-likeness (QED) is 0.823. The van der Waals surface area contributed by atoms with E-state index in [1.807, 2.05) is 31.2 Å². The molecule has 1 aromatic heterocycles. The largest absolute Gasteiger partial charge is 0.379 e. The Hall–Kier alpha value is -1.65.